The molecule has 0 saturated heterocycles. The molecule has 0 atom stereocenters. The van der Waals surface area contributed by atoms with Crippen molar-refractivity contribution >= 4 is 33.0 Å². The highest BCUT2D eigenvalue weighted by atomic mass is 79.9. The maximum Gasteiger partial charge on any atom is 0.165 e. The van der Waals surface area contributed by atoms with Gasteiger partial charge in [-0.15, -0.1) is 0 Å². The predicted molar refractivity (Wildman–Crippen MR) is 90.8 cm³/mol. The minimum Gasteiger partial charge on any atom is -0.296 e. The van der Waals surface area contributed by atoms with Crippen molar-refractivity contribution in [2.75, 3.05) is 6.54 Å². The van der Waals surface area contributed by atoms with Crippen LogP contribution in [0.2, 0.25) is 0 Å². The summed E-state index contributed by atoms with van der Waals surface area (Å²) in [5.41, 5.74) is 2.16. The van der Waals surface area contributed by atoms with E-state index < -0.39 is 0 Å². The molecule has 21 heavy (non-hydrogen) atoms. The SMILES string of the molecule is O=C(CCN(Cc1ccsc1)C1CC1)c1ccccc1Br. The average Bonchev–Trinajstić information content (AvgIpc) is 3.21. The predicted octanol–water partition coefficient (Wildman–Crippen LogP) is 4.75. The summed E-state index contributed by atoms with van der Waals surface area (Å²) in [6, 6.07) is 10.5. The van der Waals surface area contributed by atoms with Crippen molar-refractivity contribution in [1.29, 1.82) is 0 Å². The normalized spacial score (nSPS) is 14.6. The first-order valence-electron chi connectivity index (χ1n) is 7.27. The standard InChI is InChI=1S/C17H18BrNOS/c18-16-4-2-1-3-15(16)17(20)7-9-19(14-5-6-14)11-13-8-10-21-12-13/h1-4,8,10,12,14H,5-7,9,11H2. The highest BCUT2D eigenvalue weighted by Gasteiger charge is 2.29. The van der Waals surface area contributed by atoms with Crippen LogP contribution in [0.25, 0.3) is 0 Å². The molecular weight excluding hydrogens is 346 g/mol. The molecule has 0 amide bonds. The number of rotatable bonds is 7. The van der Waals surface area contributed by atoms with Gasteiger partial charge in [-0.2, -0.15) is 11.3 Å². The van der Waals surface area contributed by atoms with E-state index in [2.05, 4.69) is 37.7 Å². The maximum absolute atomic E-state index is 12.4. The number of Topliss-reactive ketones (excluding diaryl/α,β-unsaturated/α-hetero) is 1. The molecule has 0 bridgehead atoms. The number of hydrogen-bond acceptors (Lipinski definition) is 3. The summed E-state index contributed by atoms with van der Waals surface area (Å²) in [6.45, 7) is 1.82. The molecule has 0 spiro atoms. The van der Waals surface area contributed by atoms with E-state index in [0.29, 0.717) is 12.5 Å². The summed E-state index contributed by atoms with van der Waals surface area (Å²) in [6.07, 6.45) is 3.13. The summed E-state index contributed by atoms with van der Waals surface area (Å²) in [7, 11) is 0. The van der Waals surface area contributed by atoms with E-state index in [9.17, 15) is 4.79 Å². The Morgan fingerprint density at radius 2 is 2.10 bits per heavy atom. The molecule has 1 fully saturated rings. The summed E-state index contributed by atoms with van der Waals surface area (Å²) in [5, 5.41) is 4.32. The second-order valence-electron chi connectivity index (χ2n) is 5.49. The van der Waals surface area contributed by atoms with Gasteiger partial charge in [-0.05, 0) is 41.3 Å². The van der Waals surface area contributed by atoms with Crippen molar-refractivity contribution in [1.82, 2.24) is 4.90 Å². The van der Waals surface area contributed by atoms with E-state index in [1.54, 1.807) is 11.3 Å². The Labute approximate surface area is 137 Å². The lowest BCUT2D eigenvalue weighted by molar-refractivity contribution is 0.0959. The third-order valence-corrected chi connectivity index (χ3v) is 5.25. The number of nitrogens with zero attached hydrogens (tertiary/aromatic N) is 1. The van der Waals surface area contributed by atoms with Crippen LogP contribution in [0.4, 0.5) is 0 Å². The Balaban J connectivity index is 1.59. The van der Waals surface area contributed by atoms with Gasteiger partial charge in [0.1, 0.15) is 0 Å². The second kappa shape index (κ2) is 6.86. The van der Waals surface area contributed by atoms with Crippen molar-refractivity contribution < 1.29 is 4.79 Å². The van der Waals surface area contributed by atoms with Crippen molar-refractivity contribution in [3.63, 3.8) is 0 Å². The van der Waals surface area contributed by atoms with Crippen LogP contribution in [0.15, 0.2) is 45.6 Å². The first kappa shape index (κ1) is 14.9. The molecule has 1 saturated carbocycles. The third kappa shape index (κ3) is 4.02. The topological polar surface area (TPSA) is 20.3 Å². The van der Waals surface area contributed by atoms with Crippen LogP contribution >= 0.6 is 27.3 Å². The average molecular weight is 364 g/mol. The van der Waals surface area contributed by atoms with Crippen molar-refractivity contribution in [2.24, 2.45) is 0 Å². The molecule has 0 N–H and O–H groups in total. The smallest absolute Gasteiger partial charge is 0.165 e. The third-order valence-electron chi connectivity index (χ3n) is 3.83. The second-order valence-corrected chi connectivity index (χ2v) is 7.12. The molecule has 110 valence electrons. The lowest BCUT2D eigenvalue weighted by atomic mass is 10.1. The highest BCUT2D eigenvalue weighted by Crippen LogP contribution is 2.29. The van der Waals surface area contributed by atoms with Crippen LogP contribution in [-0.2, 0) is 6.54 Å². The number of carbonyl (C=O) groups excluding carboxylic acids is 1. The Bertz CT molecular complexity index is 607. The molecule has 1 heterocycles. The zero-order valence-electron chi connectivity index (χ0n) is 11.8. The van der Waals surface area contributed by atoms with Crippen molar-refractivity contribution in [2.45, 2.75) is 31.8 Å². The van der Waals surface area contributed by atoms with Crippen LogP contribution in [-0.4, -0.2) is 23.3 Å². The molecule has 0 unspecified atom stereocenters. The van der Waals surface area contributed by atoms with E-state index in [-0.39, 0.29) is 5.78 Å². The Morgan fingerprint density at radius 3 is 2.76 bits per heavy atom. The summed E-state index contributed by atoms with van der Waals surface area (Å²) >= 11 is 5.20. The zero-order valence-corrected chi connectivity index (χ0v) is 14.2. The molecule has 1 aliphatic carbocycles. The molecule has 1 aromatic carbocycles. The van der Waals surface area contributed by atoms with Gasteiger partial charge in [0.15, 0.2) is 5.78 Å². The molecule has 1 aromatic heterocycles. The van der Waals surface area contributed by atoms with E-state index >= 15 is 0 Å². The molecule has 0 aliphatic heterocycles. The fourth-order valence-corrected chi connectivity index (χ4v) is 3.68. The summed E-state index contributed by atoms with van der Waals surface area (Å²) in [5.74, 6) is 0.221. The first-order chi connectivity index (χ1) is 10.2. The van der Waals surface area contributed by atoms with E-state index in [1.165, 1.54) is 18.4 Å². The Hall–Kier alpha value is -0.970. The molecule has 2 aromatic rings. The van der Waals surface area contributed by atoms with Crippen molar-refractivity contribution in [3.8, 4) is 0 Å². The summed E-state index contributed by atoms with van der Waals surface area (Å²) in [4.78, 5) is 14.8. The quantitative estimate of drug-likeness (QED) is 0.661. The number of benzene rings is 1. The highest BCUT2D eigenvalue weighted by molar-refractivity contribution is 9.10. The van der Waals surface area contributed by atoms with Gasteiger partial charge < -0.3 is 0 Å². The number of thiophene rings is 1. The molecule has 0 radical (unpaired) electrons. The monoisotopic (exact) mass is 363 g/mol. The first-order valence-corrected chi connectivity index (χ1v) is 9.00. The van der Waals surface area contributed by atoms with Gasteiger partial charge in [-0.25, -0.2) is 0 Å². The Kier molecular flexibility index (Phi) is 4.88. The zero-order chi connectivity index (χ0) is 14.7. The van der Waals surface area contributed by atoms with Crippen LogP contribution in [0.3, 0.4) is 0 Å². The van der Waals surface area contributed by atoms with Crippen molar-refractivity contribution in [3.05, 3.63) is 56.7 Å². The number of halogens is 1. The molecule has 4 heteroatoms. The maximum atomic E-state index is 12.4. The van der Waals surface area contributed by atoms with E-state index in [1.807, 2.05) is 24.3 Å². The van der Waals surface area contributed by atoms with Gasteiger partial charge in [-0.3, -0.25) is 9.69 Å². The molecule has 2 nitrogen and oxygen atoms in total. The van der Waals surface area contributed by atoms with Crippen LogP contribution < -0.4 is 0 Å². The van der Waals surface area contributed by atoms with Gasteiger partial charge in [0, 0.05) is 35.6 Å². The minimum absolute atomic E-state index is 0.221. The largest absolute Gasteiger partial charge is 0.296 e. The fraction of sp³-hybridized carbons (Fsp3) is 0.353. The van der Waals surface area contributed by atoms with E-state index in [0.717, 1.165) is 23.1 Å². The van der Waals surface area contributed by atoms with Crippen LogP contribution in [0.5, 0.6) is 0 Å². The van der Waals surface area contributed by atoms with Gasteiger partial charge in [0.05, 0.1) is 0 Å². The fourth-order valence-electron chi connectivity index (χ4n) is 2.51. The van der Waals surface area contributed by atoms with Gasteiger partial charge in [0.2, 0.25) is 0 Å². The van der Waals surface area contributed by atoms with E-state index in [4.69, 9.17) is 0 Å². The van der Waals surface area contributed by atoms with Gasteiger partial charge in [0.25, 0.3) is 0 Å². The van der Waals surface area contributed by atoms with Gasteiger partial charge in [-0.1, -0.05) is 34.1 Å². The van der Waals surface area contributed by atoms with Crippen LogP contribution in [0, 0.1) is 0 Å². The molecular formula is C17H18BrNOS. The Morgan fingerprint density at radius 1 is 1.29 bits per heavy atom. The minimum atomic E-state index is 0.221. The number of ketones is 1. The molecule has 1 aliphatic rings. The van der Waals surface area contributed by atoms with Crippen LogP contribution in [0.1, 0.15) is 35.2 Å². The lowest BCUT2D eigenvalue weighted by Crippen LogP contribution is -2.28. The number of hydrogen-bond donors (Lipinski definition) is 0. The lowest BCUT2D eigenvalue weighted by Gasteiger charge is -2.21. The molecule has 3 rings (SSSR count). The number of carbonyl (C=O) groups is 1. The van der Waals surface area contributed by atoms with Gasteiger partial charge >= 0.3 is 0 Å². The summed E-state index contributed by atoms with van der Waals surface area (Å²) < 4.78 is 0.894.